The largest absolute Gasteiger partial charge is 0.468 e. The first-order valence-electron chi connectivity index (χ1n) is 6.95. The van der Waals surface area contributed by atoms with Crippen LogP contribution in [-0.4, -0.2) is 67.5 Å². The molecule has 1 N–H and O–H groups in total. The Morgan fingerprint density at radius 2 is 1.89 bits per heavy atom. The lowest BCUT2D eigenvalue weighted by Crippen LogP contribution is -2.56. The van der Waals surface area contributed by atoms with Gasteiger partial charge in [-0.15, -0.1) is 0 Å². The molecular weight excluding hydrogens is 244 g/mol. The van der Waals surface area contributed by atoms with E-state index in [1.165, 1.54) is 0 Å². The molecule has 0 aromatic carbocycles. The van der Waals surface area contributed by atoms with Crippen molar-refractivity contribution in [1.29, 1.82) is 0 Å². The molecule has 106 valence electrons. The minimum Gasteiger partial charge on any atom is -0.468 e. The zero-order valence-corrected chi connectivity index (χ0v) is 11.3. The number of hydrogen-bond acceptors (Lipinski definition) is 5. The van der Waals surface area contributed by atoms with Gasteiger partial charge in [-0.3, -0.25) is 9.80 Å². The van der Waals surface area contributed by atoms with Crippen LogP contribution < -0.4 is 0 Å². The average molecular weight is 266 g/mol. The summed E-state index contributed by atoms with van der Waals surface area (Å²) in [5.41, 5.74) is 0.00316. The molecule has 2 aliphatic heterocycles. The van der Waals surface area contributed by atoms with Gasteiger partial charge in [0.15, 0.2) is 0 Å². The van der Waals surface area contributed by atoms with E-state index in [1.807, 2.05) is 12.1 Å². The van der Waals surface area contributed by atoms with Crippen LogP contribution in [0.5, 0.6) is 0 Å². The highest BCUT2D eigenvalue weighted by Gasteiger charge is 2.40. The first kappa shape index (κ1) is 13.1. The number of hydrogen-bond donors (Lipinski definition) is 1. The molecule has 2 aliphatic rings. The summed E-state index contributed by atoms with van der Waals surface area (Å²) >= 11 is 0. The Kier molecular flexibility index (Phi) is 3.88. The molecule has 0 unspecified atom stereocenters. The van der Waals surface area contributed by atoms with Gasteiger partial charge in [0.25, 0.3) is 0 Å². The molecule has 0 radical (unpaired) electrons. The van der Waals surface area contributed by atoms with Gasteiger partial charge in [0.2, 0.25) is 0 Å². The van der Waals surface area contributed by atoms with Gasteiger partial charge in [0.05, 0.1) is 38.0 Å². The van der Waals surface area contributed by atoms with E-state index in [0.29, 0.717) is 13.2 Å². The molecule has 2 fully saturated rings. The van der Waals surface area contributed by atoms with Gasteiger partial charge in [-0.2, -0.15) is 0 Å². The van der Waals surface area contributed by atoms with Crippen molar-refractivity contribution < 1.29 is 14.3 Å². The molecule has 0 saturated carbocycles. The number of piperazine rings is 1. The normalized spacial score (nSPS) is 24.3. The Hall–Kier alpha value is -0.880. The molecule has 1 aromatic rings. The van der Waals surface area contributed by atoms with E-state index in [1.54, 1.807) is 6.26 Å². The van der Waals surface area contributed by atoms with E-state index in [0.717, 1.165) is 45.0 Å². The fourth-order valence-electron chi connectivity index (χ4n) is 2.83. The summed E-state index contributed by atoms with van der Waals surface area (Å²) in [6.45, 7) is 7.73. The molecule has 3 heterocycles. The molecular formula is C14H22N2O3. The zero-order chi connectivity index (χ0) is 13.1. The first-order valence-corrected chi connectivity index (χ1v) is 6.95. The molecule has 0 amide bonds. The van der Waals surface area contributed by atoms with Crippen LogP contribution in [0.15, 0.2) is 22.8 Å². The number of ether oxygens (including phenoxy) is 1. The second-order valence-corrected chi connectivity index (χ2v) is 5.78. The van der Waals surface area contributed by atoms with Crippen LogP contribution in [0.3, 0.4) is 0 Å². The number of furan rings is 1. The van der Waals surface area contributed by atoms with Crippen molar-refractivity contribution in [3.63, 3.8) is 0 Å². The third-order valence-electron chi connectivity index (χ3n) is 4.14. The highest BCUT2D eigenvalue weighted by atomic mass is 16.5. The maximum atomic E-state index is 9.46. The number of nitrogens with zero attached hydrogens (tertiary/aromatic N) is 2. The highest BCUT2D eigenvalue weighted by molar-refractivity contribution is 4.98. The van der Waals surface area contributed by atoms with E-state index in [2.05, 4.69) is 9.80 Å². The van der Waals surface area contributed by atoms with Crippen molar-refractivity contribution in [3.8, 4) is 0 Å². The number of rotatable bonds is 5. The summed E-state index contributed by atoms with van der Waals surface area (Å²) in [7, 11) is 0. The standard InChI is InChI=1S/C14H22N2O3/c17-10-14(11-18-12-14)9-16-5-3-15(4-6-16)8-13-2-1-7-19-13/h1-2,7,17H,3-6,8-12H2. The van der Waals surface area contributed by atoms with E-state index in [-0.39, 0.29) is 12.0 Å². The van der Waals surface area contributed by atoms with Gasteiger partial charge < -0.3 is 14.3 Å². The smallest absolute Gasteiger partial charge is 0.117 e. The Morgan fingerprint density at radius 1 is 1.16 bits per heavy atom. The van der Waals surface area contributed by atoms with Crippen molar-refractivity contribution in [3.05, 3.63) is 24.2 Å². The van der Waals surface area contributed by atoms with Crippen molar-refractivity contribution >= 4 is 0 Å². The van der Waals surface area contributed by atoms with Crippen LogP contribution in [0.4, 0.5) is 0 Å². The van der Waals surface area contributed by atoms with E-state index < -0.39 is 0 Å². The van der Waals surface area contributed by atoms with Crippen LogP contribution in [-0.2, 0) is 11.3 Å². The third-order valence-corrected chi connectivity index (χ3v) is 4.14. The summed E-state index contributed by atoms with van der Waals surface area (Å²) in [5, 5.41) is 9.46. The minimum atomic E-state index is 0.00316. The van der Waals surface area contributed by atoms with Gasteiger partial charge >= 0.3 is 0 Å². The summed E-state index contributed by atoms with van der Waals surface area (Å²) < 4.78 is 10.6. The second kappa shape index (κ2) is 5.63. The van der Waals surface area contributed by atoms with Crippen LogP contribution in [0, 0.1) is 5.41 Å². The third kappa shape index (κ3) is 3.00. The lowest BCUT2D eigenvalue weighted by molar-refractivity contribution is -0.150. The summed E-state index contributed by atoms with van der Waals surface area (Å²) in [4.78, 5) is 4.86. The molecule has 1 aromatic heterocycles. The SMILES string of the molecule is OCC1(CN2CCN(Cc3ccco3)CC2)COC1. The molecule has 0 bridgehead atoms. The van der Waals surface area contributed by atoms with Gasteiger partial charge in [0.1, 0.15) is 5.76 Å². The number of aliphatic hydroxyl groups is 1. The van der Waals surface area contributed by atoms with Gasteiger partial charge in [-0.05, 0) is 12.1 Å². The van der Waals surface area contributed by atoms with Crippen molar-refractivity contribution in [2.24, 2.45) is 5.41 Å². The van der Waals surface area contributed by atoms with E-state index in [9.17, 15) is 5.11 Å². The van der Waals surface area contributed by atoms with Crippen LogP contribution in [0.2, 0.25) is 0 Å². The Bertz CT molecular complexity index is 376. The molecule has 0 aliphatic carbocycles. The molecule has 3 rings (SSSR count). The molecule has 0 atom stereocenters. The van der Waals surface area contributed by atoms with Crippen molar-refractivity contribution in [2.75, 3.05) is 52.5 Å². The fourth-order valence-corrected chi connectivity index (χ4v) is 2.83. The van der Waals surface area contributed by atoms with Crippen LogP contribution >= 0.6 is 0 Å². The van der Waals surface area contributed by atoms with Crippen molar-refractivity contribution in [2.45, 2.75) is 6.54 Å². The highest BCUT2D eigenvalue weighted by Crippen LogP contribution is 2.28. The predicted molar refractivity (Wildman–Crippen MR) is 70.8 cm³/mol. The monoisotopic (exact) mass is 266 g/mol. The van der Waals surface area contributed by atoms with Gasteiger partial charge in [0, 0.05) is 32.7 Å². The molecule has 5 nitrogen and oxygen atoms in total. The molecule has 5 heteroatoms. The molecule has 0 spiro atoms. The maximum absolute atomic E-state index is 9.46. The molecule has 19 heavy (non-hydrogen) atoms. The Balaban J connectivity index is 1.44. The second-order valence-electron chi connectivity index (χ2n) is 5.78. The summed E-state index contributed by atoms with van der Waals surface area (Å²) in [6.07, 6.45) is 1.73. The Labute approximate surface area is 113 Å². The van der Waals surface area contributed by atoms with E-state index in [4.69, 9.17) is 9.15 Å². The van der Waals surface area contributed by atoms with Crippen LogP contribution in [0.1, 0.15) is 5.76 Å². The first-order chi connectivity index (χ1) is 9.30. The predicted octanol–water partition coefficient (Wildman–Crippen LogP) is 0.406. The van der Waals surface area contributed by atoms with Crippen molar-refractivity contribution in [1.82, 2.24) is 9.80 Å². The lowest BCUT2D eigenvalue weighted by atomic mass is 9.86. The van der Waals surface area contributed by atoms with E-state index >= 15 is 0 Å². The summed E-state index contributed by atoms with van der Waals surface area (Å²) in [5.74, 6) is 1.03. The average Bonchev–Trinajstić information content (AvgIpc) is 2.89. The quantitative estimate of drug-likeness (QED) is 0.836. The number of aliphatic hydroxyl groups excluding tert-OH is 1. The fraction of sp³-hybridized carbons (Fsp3) is 0.714. The summed E-state index contributed by atoms with van der Waals surface area (Å²) in [6, 6.07) is 3.96. The zero-order valence-electron chi connectivity index (χ0n) is 11.3. The van der Waals surface area contributed by atoms with Gasteiger partial charge in [-0.1, -0.05) is 0 Å². The van der Waals surface area contributed by atoms with Crippen LogP contribution in [0.25, 0.3) is 0 Å². The lowest BCUT2D eigenvalue weighted by Gasteiger charge is -2.45. The minimum absolute atomic E-state index is 0.00316. The molecule has 2 saturated heterocycles. The van der Waals surface area contributed by atoms with Gasteiger partial charge in [-0.25, -0.2) is 0 Å². The Morgan fingerprint density at radius 3 is 2.42 bits per heavy atom. The maximum Gasteiger partial charge on any atom is 0.117 e. The topological polar surface area (TPSA) is 49.1 Å².